The maximum absolute atomic E-state index is 6.05. The van der Waals surface area contributed by atoms with Crippen LogP contribution >= 0.6 is 35.6 Å². The van der Waals surface area contributed by atoms with Gasteiger partial charge in [-0.3, -0.25) is 4.99 Å². The lowest BCUT2D eigenvalue weighted by Crippen LogP contribution is -2.38. The monoisotopic (exact) mass is 473 g/mol. The third-order valence-electron chi connectivity index (χ3n) is 3.61. The van der Waals surface area contributed by atoms with Gasteiger partial charge in [0.15, 0.2) is 5.96 Å². The number of pyridine rings is 1. The molecular formula is C18H25ClIN5. The SMILES string of the molecule is CN=C(NCc1cccnc1N(C)C)N(C)Cc1cccc(Cl)c1.I. The summed E-state index contributed by atoms with van der Waals surface area (Å²) in [7, 11) is 7.77. The molecule has 0 unspecified atom stereocenters. The van der Waals surface area contributed by atoms with E-state index >= 15 is 0 Å². The van der Waals surface area contributed by atoms with Gasteiger partial charge in [-0.15, -0.1) is 24.0 Å². The van der Waals surface area contributed by atoms with Gasteiger partial charge in [0, 0.05) is 58.1 Å². The molecule has 0 fully saturated rings. The van der Waals surface area contributed by atoms with Gasteiger partial charge in [0.05, 0.1) is 0 Å². The third-order valence-corrected chi connectivity index (χ3v) is 3.85. The van der Waals surface area contributed by atoms with E-state index < -0.39 is 0 Å². The molecule has 1 aromatic heterocycles. The maximum atomic E-state index is 6.05. The normalized spacial score (nSPS) is 10.8. The molecule has 0 radical (unpaired) electrons. The van der Waals surface area contributed by atoms with Gasteiger partial charge in [-0.1, -0.05) is 29.8 Å². The predicted octanol–water partition coefficient (Wildman–Crippen LogP) is 3.63. The van der Waals surface area contributed by atoms with Crippen molar-refractivity contribution in [2.45, 2.75) is 13.1 Å². The first-order valence-corrected chi connectivity index (χ1v) is 8.16. The molecule has 0 spiro atoms. The number of anilines is 1. The van der Waals surface area contributed by atoms with Crippen molar-refractivity contribution in [1.82, 2.24) is 15.2 Å². The highest BCUT2D eigenvalue weighted by Gasteiger charge is 2.10. The summed E-state index contributed by atoms with van der Waals surface area (Å²) in [6.07, 6.45) is 1.80. The molecule has 0 saturated carbocycles. The summed E-state index contributed by atoms with van der Waals surface area (Å²) in [6.45, 7) is 1.39. The van der Waals surface area contributed by atoms with E-state index in [1.807, 2.05) is 50.3 Å². The van der Waals surface area contributed by atoms with E-state index in [1.54, 1.807) is 13.2 Å². The summed E-state index contributed by atoms with van der Waals surface area (Å²) in [4.78, 5) is 12.9. The Hall–Kier alpha value is -1.54. The van der Waals surface area contributed by atoms with Crippen LogP contribution in [0.15, 0.2) is 47.6 Å². The number of rotatable bonds is 5. The van der Waals surface area contributed by atoms with Crippen molar-refractivity contribution in [1.29, 1.82) is 0 Å². The molecule has 0 atom stereocenters. The number of aromatic nitrogens is 1. The van der Waals surface area contributed by atoms with Crippen molar-refractivity contribution >= 4 is 47.4 Å². The van der Waals surface area contributed by atoms with E-state index in [2.05, 4.69) is 32.3 Å². The van der Waals surface area contributed by atoms with Crippen LogP contribution in [0.5, 0.6) is 0 Å². The van der Waals surface area contributed by atoms with Crippen molar-refractivity contribution in [2.24, 2.45) is 4.99 Å². The van der Waals surface area contributed by atoms with Crippen LogP contribution in [0, 0.1) is 0 Å². The van der Waals surface area contributed by atoms with Gasteiger partial charge in [-0.05, 0) is 23.8 Å². The second-order valence-electron chi connectivity index (χ2n) is 5.77. The summed E-state index contributed by atoms with van der Waals surface area (Å²) in [5.74, 6) is 1.78. The largest absolute Gasteiger partial charge is 0.362 e. The van der Waals surface area contributed by atoms with Crippen LogP contribution in [0.2, 0.25) is 5.02 Å². The summed E-state index contributed by atoms with van der Waals surface area (Å²) in [5, 5.41) is 4.14. The van der Waals surface area contributed by atoms with Crippen LogP contribution in [0.4, 0.5) is 5.82 Å². The number of hydrogen-bond donors (Lipinski definition) is 1. The van der Waals surface area contributed by atoms with Gasteiger partial charge in [0.1, 0.15) is 5.82 Å². The second kappa shape index (κ2) is 10.5. The number of nitrogens with zero attached hydrogens (tertiary/aromatic N) is 4. The standard InChI is InChI=1S/C18H24ClN5.HI/c1-20-18(24(4)13-14-7-5-9-16(19)11-14)22-12-15-8-6-10-21-17(15)23(2)3;/h5-11H,12-13H2,1-4H3,(H,20,22);1H. The lowest BCUT2D eigenvalue weighted by Gasteiger charge is -2.23. The summed E-state index contributed by atoms with van der Waals surface area (Å²) < 4.78 is 0. The minimum atomic E-state index is 0. The molecule has 1 heterocycles. The number of hydrogen-bond acceptors (Lipinski definition) is 3. The predicted molar refractivity (Wildman–Crippen MR) is 117 cm³/mol. The minimum Gasteiger partial charge on any atom is -0.362 e. The molecule has 5 nitrogen and oxygen atoms in total. The van der Waals surface area contributed by atoms with E-state index in [0.717, 1.165) is 34.5 Å². The first-order chi connectivity index (χ1) is 11.5. The van der Waals surface area contributed by atoms with Crippen molar-refractivity contribution in [3.05, 3.63) is 58.7 Å². The van der Waals surface area contributed by atoms with Crippen LogP contribution in [-0.4, -0.2) is 44.0 Å². The van der Waals surface area contributed by atoms with E-state index in [9.17, 15) is 0 Å². The Morgan fingerprint density at radius 3 is 2.60 bits per heavy atom. The molecule has 2 rings (SSSR count). The minimum absolute atomic E-state index is 0. The molecule has 25 heavy (non-hydrogen) atoms. The second-order valence-corrected chi connectivity index (χ2v) is 6.20. The Morgan fingerprint density at radius 2 is 1.96 bits per heavy atom. The highest BCUT2D eigenvalue weighted by atomic mass is 127. The van der Waals surface area contributed by atoms with Crippen LogP contribution in [0.1, 0.15) is 11.1 Å². The zero-order valence-corrected chi connectivity index (χ0v) is 18.1. The van der Waals surface area contributed by atoms with Gasteiger partial charge in [0.2, 0.25) is 0 Å². The highest BCUT2D eigenvalue weighted by Crippen LogP contribution is 2.15. The molecular weight excluding hydrogens is 449 g/mol. The van der Waals surface area contributed by atoms with Crippen molar-refractivity contribution < 1.29 is 0 Å². The molecule has 1 N–H and O–H groups in total. The average Bonchev–Trinajstić information content (AvgIpc) is 2.55. The van der Waals surface area contributed by atoms with Crippen LogP contribution in [0.3, 0.4) is 0 Å². The van der Waals surface area contributed by atoms with Gasteiger partial charge < -0.3 is 15.1 Å². The smallest absolute Gasteiger partial charge is 0.193 e. The van der Waals surface area contributed by atoms with E-state index in [-0.39, 0.29) is 24.0 Å². The van der Waals surface area contributed by atoms with Crippen LogP contribution < -0.4 is 10.2 Å². The fourth-order valence-electron chi connectivity index (χ4n) is 2.51. The van der Waals surface area contributed by atoms with Crippen molar-refractivity contribution in [3.8, 4) is 0 Å². The summed E-state index contributed by atoms with van der Waals surface area (Å²) >= 11 is 6.05. The molecule has 0 saturated heterocycles. The topological polar surface area (TPSA) is 43.8 Å². The Morgan fingerprint density at radius 1 is 1.20 bits per heavy atom. The first-order valence-electron chi connectivity index (χ1n) is 7.78. The van der Waals surface area contributed by atoms with Gasteiger partial charge >= 0.3 is 0 Å². The molecule has 0 aliphatic carbocycles. The van der Waals surface area contributed by atoms with E-state index in [0.29, 0.717) is 6.54 Å². The van der Waals surface area contributed by atoms with Crippen LogP contribution in [0.25, 0.3) is 0 Å². The maximum Gasteiger partial charge on any atom is 0.193 e. The molecule has 136 valence electrons. The van der Waals surface area contributed by atoms with Gasteiger partial charge in [-0.25, -0.2) is 4.98 Å². The molecule has 0 amide bonds. The molecule has 7 heteroatoms. The Labute approximate surface area is 172 Å². The fraction of sp³-hybridized carbons (Fsp3) is 0.333. The lowest BCUT2D eigenvalue weighted by atomic mass is 10.2. The Bertz CT molecular complexity index is 705. The molecule has 0 bridgehead atoms. The molecule has 0 aliphatic rings. The zero-order valence-electron chi connectivity index (χ0n) is 15.0. The number of halogens is 2. The van der Waals surface area contributed by atoms with Crippen LogP contribution in [-0.2, 0) is 13.1 Å². The Balaban J connectivity index is 0.00000312. The summed E-state index contributed by atoms with van der Waals surface area (Å²) in [6, 6.07) is 11.9. The highest BCUT2D eigenvalue weighted by molar-refractivity contribution is 14.0. The zero-order chi connectivity index (χ0) is 17.5. The Kier molecular flexibility index (Phi) is 8.99. The first kappa shape index (κ1) is 21.5. The quantitative estimate of drug-likeness (QED) is 0.409. The van der Waals surface area contributed by atoms with Crippen molar-refractivity contribution in [3.63, 3.8) is 0 Å². The van der Waals surface area contributed by atoms with Crippen molar-refractivity contribution in [2.75, 3.05) is 33.1 Å². The van der Waals surface area contributed by atoms with E-state index in [4.69, 9.17) is 11.6 Å². The number of benzene rings is 1. The molecule has 1 aromatic carbocycles. The molecule has 2 aromatic rings. The number of guanidine groups is 1. The average molecular weight is 474 g/mol. The van der Waals surface area contributed by atoms with E-state index in [1.165, 1.54) is 0 Å². The third kappa shape index (κ3) is 6.36. The number of nitrogens with one attached hydrogen (secondary N) is 1. The number of aliphatic imine (C=N–C) groups is 1. The lowest BCUT2D eigenvalue weighted by molar-refractivity contribution is 0.476. The summed E-state index contributed by atoms with van der Waals surface area (Å²) in [5.41, 5.74) is 2.27. The fourth-order valence-corrected chi connectivity index (χ4v) is 2.73. The van der Waals surface area contributed by atoms with Gasteiger partial charge in [-0.2, -0.15) is 0 Å². The van der Waals surface area contributed by atoms with Gasteiger partial charge in [0.25, 0.3) is 0 Å². The molecule has 0 aliphatic heterocycles.